The molecule has 0 rings (SSSR count). The van der Waals surface area contributed by atoms with Crippen LogP contribution in [-0.4, -0.2) is 18.6 Å². The van der Waals surface area contributed by atoms with E-state index in [2.05, 4.69) is 14.3 Å². The van der Waals surface area contributed by atoms with Gasteiger partial charge in [0, 0.05) is 18.3 Å². The predicted octanol–water partition coefficient (Wildman–Crippen LogP) is 0.733. The van der Waals surface area contributed by atoms with Gasteiger partial charge in [-0.15, -0.1) is 4.33 Å². The minimum atomic E-state index is -0.111. The number of hydrogen-bond acceptors (Lipinski definition) is 5. The number of carbonyl (C=O) groups is 1. The second-order valence-corrected chi connectivity index (χ2v) is 1.74. The summed E-state index contributed by atoms with van der Waals surface area (Å²) in [6, 6.07) is 0. The zero-order valence-corrected chi connectivity index (χ0v) is 6.06. The van der Waals surface area contributed by atoms with E-state index < -0.39 is 0 Å². The van der Waals surface area contributed by atoms with Gasteiger partial charge in [-0.2, -0.15) is 4.89 Å². The first-order valence-corrected chi connectivity index (χ1v) is 3.40. The van der Waals surface area contributed by atoms with Gasteiger partial charge in [-0.3, -0.25) is 4.79 Å². The molecule has 5 heteroatoms. The van der Waals surface area contributed by atoms with E-state index in [1.54, 1.807) is 6.26 Å². The maximum absolute atomic E-state index is 10.1. The monoisotopic (exact) mass is 152 g/mol. The van der Waals surface area contributed by atoms with Crippen molar-refractivity contribution in [2.45, 2.75) is 6.92 Å². The zero-order valence-electron chi connectivity index (χ0n) is 5.25. The fourth-order valence-electron chi connectivity index (χ4n) is 0.154. The van der Waals surface area contributed by atoms with E-state index in [0.29, 0.717) is 0 Å². The van der Waals surface area contributed by atoms with Gasteiger partial charge in [-0.1, -0.05) is 5.04 Å². The van der Waals surface area contributed by atoms with Crippen LogP contribution in [0, 0.1) is 0 Å². The van der Waals surface area contributed by atoms with Crippen molar-refractivity contribution in [2.24, 2.45) is 0 Å². The molecule has 0 saturated carbocycles. The third kappa shape index (κ3) is 7.90. The summed E-state index contributed by atoms with van der Waals surface area (Å²) in [5, 5.41) is 4.04. The Morgan fingerprint density at radius 2 is 2.33 bits per heavy atom. The van der Waals surface area contributed by atoms with Crippen LogP contribution in [0.2, 0.25) is 0 Å². The van der Waals surface area contributed by atoms with Gasteiger partial charge in [0.05, 0.1) is 0 Å². The Kier molecular flexibility index (Phi) is 5.96. The van der Waals surface area contributed by atoms with E-state index in [4.69, 9.17) is 0 Å². The van der Waals surface area contributed by atoms with Crippen molar-refractivity contribution in [2.75, 3.05) is 12.9 Å². The van der Waals surface area contributed by atoms with Gasteiger partial charge in [-0.05, 0) is 6.92 Å². The lowest BCUT2D eigenvalue weighted by molar-refractivity contribution is -0.455. The molecule has 0 aromatic heterocycles. The first kappa shape index (κ1) is 8.90. The normalized spacial score (nSPS) is 9.56. The molecular weight excluding hydrogens is 144 g/mol. The Labute approximate surface area is 57.5 Å². The lowest BCUT2D eigenvalue weighted by Gasteiger charge is -1.95. The number of hydrogen-bond donors (Lipinski definition) is 0. The fraction of sp³-hybridized carbons (Fsp3) is 0.750. The molecule has 0 spiro atoms. The number of ketones is 1. The number of carbonyl (C=O) groups excluding carboxylic acids is 1. The SMILES string of the molecule is CSOOOCC(C)=O. The molecule has 0 amide bonds. The lowest BCUT2D eigenvalue weighted by atomic mass is 10.5. The van der Waals surface area contributed by atoms with Crippen molar-refractivity contribution in [1.82, 2.24) is 0 Å². The van der Waals surface area contributed by atoms with Crippen molar-refractivity contribution in [3.63, 3.8) is 0 Å². The molecule has 0 radical (unpaired) electrons. The third-order valence-electron chi connectivity index (χ3n) is 0.406. The smallest absolute Gasteiger partial charge is 0.158 e. The molecule has 0 fully saturated rings. The van der Waals surface area contributed by atoms with Crippen molar-refractivity contribution in [1.29, 1.82) is 0 Å². The Balaban J connectivity index is 2.83. The first-order chi connectivity index (χ1) is 4.27. The molecule has 4 nitrogen and oxygen atoms in total. The van der Waals surface area contributed by atoms with Crippen molar-refractivity contribution in [3.8, 4) is 0 Å². The van der Waals surface area contributed by atoms with Gasteiger partial charge >= 0.3 is 0 Å². The van der Waals surface area contributed by atoms with Crippen molar-refractivity contribution in [3.05, 3.63) is 0 Å². The van der Waals surface area contributed by atoms with Gasteiger partial charge in [0.15, 0.2) is 5.78 Å². The molecule has 0 saturated heterocycles. The molecule has 0 atom stereocenters. The minimum Gasteiger partial charge on any atom is -0.297 e. The average Bonchev–Trinajstić information content (AvgIpc) is 1.80. The number of rotatable bonds is 5. The summed E-state index contributed by atoms with van der Waals surface area (Å²) >= 11 is 0.995. The van der Waals surface area contributed by atoms with Gasteiger partial charge in [-0.25, -0.2) is 0 Å². The summed E-state index contributed by atoms with van der Waals surface area (Å²) in [5.41, 5.74) is 0. The Morgan fingerprint density at radius 3 is 2.78 bits per heavy atom. The van der Waals surface area contributed by atoms with E-state index in [0.717, 1.165) is 12.0 Å². The van der Waals surface area contributed by atoms with Crippen LogP contribution in [0.15, 0.2) is 0 Å². The highest BCUT2D eigenvalue weighted by Gasteiger charge is 1.92. The van der Waals surface area contributed by atoms with Crippen LogP contribution in [0.4, 0.5) is 0 Å². The molecule has 0 unspecified atom stereocenters. The summed E-state index contributed by atoms with van der Waals surface area (Å²) in [5.74, 6) is -0.111. The van der Waals surface area contributed by atoms with E-state index in [1.165, 1.54) is 6.92 Å². The standard InChI is InChI=1S/C4H8O4S/c1-4(5)3-6-7-8-9-2/h3H2,1-2H3. The van der Waals surface area contributed by atoms with E-state index in [9.17, 15) is 4.79 Å². The van der Waals surface area contributed by atoms with Gasteiger partial charge < -0.3 is 0 Å². The van der Waals surface area contributed by atoms with Crippen LogP contribution < -0.4 is 0 Å². The second-order valence-electron chi connectivity index (χ2n) is 1.27. The van der Waals surface area contributed by atoms with Gasteiger partial charge in [0.2, 0.25) is 0 Å². The molecule has 0 aromatic rings. The van der Waals surface area contributed by atoms with Crippen molar-refractivity contribution < 1.29 is 19.1 Å². The van der Waals surface area contributed by atoms with Crippen LogP contribution in [0.1, 0.15) is 6.92 Å². The van der Waals surface area contributed by atoms with E-state index in [-0.39, 0.29) is 12.4 Å². The lowest BCUT2D eigenvalue weighted by Crippen LogP contribution is -2.03. The van der Waals surface area contributed by atoms with Gasteiger partial charge in [0.1, 0.15) is 6.61 Å². The highest BCUT2D eigenvalue weighted by Crippen LogP contribution is 1.94. The van der Waals surface area contributed by atoms with Gasteiger partial charge in [0.25, 0.3) is 0 Å². The molecule has 0 aliphatic heterocycles. The van der Waals surface area contributed by atoms with Crippen LogP contribution in [0.25, 0.3) is 0 Å². The molecule has 0 bridgehead atoms. The molecule has 0 aliphatic rings. The van der Waals surface area contributed by atoms with E-state index >= 15 is 0 Å². The fourth-order valence-corrected chi connectivity index (χ4v) is 0.249. The predicted molar refractivity (Wildman–Crippen MR) is 32.3 cm³/mol. The van der Waals surface area contributed by atoms with Crippen LogP contribution >= 0.6 is 12.0 Å². The highest BCUT2D eigenvalue weighted by molar-refractivity contribution is 7.93. The van der Waals surface area contributed by atoms with Crippen LogP contribution in [0.3, 0.4) is 0 Å². The quantitative estimate of drug-likeness (QED) is 0.251. The molecule has 54 valence electrons. The summed E-state index contributed by atoms with van der Waals surface area (Å²) in [6.07, 6.45) is 1.66. The largest absolute Gasteiger partial charge is 0.297 e. The number of Topliss-reactive ketones (excluding diaryl/α,β-unsaturated/α-hetero) is 1. The Morgan fingerprint density at radius 1 is 1.67 bits per heavy atom. The zero-order chi connectivity index (χ0) is 7.11. The molecular formula is C4H8O4S. The summed E-state index contributed by atoms with van der Waals surface area (Å²) in [4.78, 5) is 14.4. The Bertz CT molecular complexity index is 84.6. The average molecular weight is 152 g/mol. The molecule has 0 N–H and O–H groups in total. The summed E-state index contributed by atoms with van der Waals surface area (Å²) in [6.45, 7) is 1.31. The molecule has 0 heterocycles. The maximum Gasteiger partial charge on any atom is 0.158 e. The third-order valence-corrected chi connectivity index (χ3v) is 0.598. The molecule has 0 aromatic carbocycles. The van der Waals surface area contributed by atoms with E-state index in [1.807, 2.05) is 0 Å². The molecule has 9 heavy (non-hydrogen) atoms. The summed E-state index contributed by atoms with van der Waals surface area (Å²) in [7, 11) is 0. The second kappa shape index (κ2) is 6.03. The van der Waals surface area contributed by atoms with Crippen LogP contribution in [-0.2, 0) is 19.1 Å². The Hall–Kier alpha value is -0.100. The molecule has 0 aliphatic carbocycles. The van der Waals surface area contributed by atoms with Crippen LogP contribution in [0.5, 0.6) is 0 Å². The topological polar surface area (TPSA) is 44.8 Å². The highest BCUT2D eigenvalue weighted by atomic mass is 32.2. The minimum absolute atomic E-state index is 0.0828. The summed E-state index contributed by atoms with van der Waals surface area (Å²) < 4.78 is 4.23. The first-order valence-electron chi connectivity index (χ1n) is 2.25. The van der Waals surface area contributed by atoms with Crippen molar-refractivity contribution >= 4 is 17.8 Å². The maximum atomic E-state index is 10.1.